The van der Waals surface area contributed by atoms with Gasteiger partial charge in [0.05, 0.1) is 10.6 Å². The van der Waals surface area contributed by atoms with Crippen molar-refractivity contribution in [3.05, 3.63) is 50.1 Å². The van der Waals surface area contributed by atoms with Crippen molar-refractivity contribution in [3.63, 3.8) is 0 Å². The van der Waals surface area contributed by atoms with E-state index in [9.17, 15) is 9.59 Å². The number of aryl methyl sites for hydroxylation is 1. The summed E-state index contributed by atoms with van der Waals surface area (Å²) >= 11 is 12.2. The summed E-state index contributed by atoms with van der Waals surface area (Å²) in [5.41, 5.74) is 0.400. The smallest absolute Gasteiger partial charge is 0.339 e. The summed E-state index contributed by atoms with van der Waals surface area (Å²) in [6.45, 7) is 1.23. The van der Waals surface area contributed by atoms with E-state index < -0.39 is 0 Å². The van der Waals surface area contributed by atoms with Crippen molar-refractivity contribution in [2.45, 2.75) is 37.6 Å². The zero-order valence-electron chi connectivity index (χ0n) is 14.5. The minimum atomic E-state index is -0.100. The van der Waals surface area contributed by atoms with Gasteiger partial charge in [-0.3, -0.25) is 9.36 Å². The predicted octanol–water partition coefficient (Wildman–Crippen LogP) is 3.24. The van der Waals surface area contributed by atoms with Gasteiger partial charge in [-0.2, -0.15) is 5.10 Å². The average Bonchev–Trinajstić information content (AvgIpc) is 3.43. The number of halogens is 2. The molecule has 0 atom stereocenters. The molecular weight excluding hydrogens is 375 g/mol. The third-order valence-corrected chi connectivity index (χ3v) is 5.77. The Kier molecular flexibility index (Phi) is 4.57. The quantitative estimate of drug-likeness (QED) is 0.802. The van der Waals surface area contributed by atoms with Crippen LogP contribution in [0.4, 0.5) is 0 Å². The fourth-order valence-corrected chi connectivity index (χ4v) is 4.00. The van der Waals surface area contributed by atoms with E-state index in [4.69, 9.17) is 23.2 Å². The standard InChI is InChI=1S/C18H20Cl2N4O2/c1-22-18(26)24(13-3-4-13)16(21-22)11-6-8-23(9-7-11)17(25)14-10-12(19)2-5-15(14)20/h2,5,10-11,13H,3-4,6-9H2,1H3. The number of nitrogens with zero attached hydrogens (tertiary/aromatic N) is 4. The van der Waals surface area contributed by atoms with E-state index >= 15 is 0 Å². The van der Waals surface area contributed by atoms with Gasteiger partial charge in [0.15, 0.2) is 0 Å². The van der Waals surface area contributed by atoms with Gasteiger partial charge in [-0.05, 0) is 43.9 Å². The summed E-state index contributed by atoms with van der Waals surface area (Å²) in [5.74, 6) is 0.966. The first kappa shape index (κ1) is 17.6. The monoisotopic (exact) mass is 394 g/mol. The summed E-state index contributed by atoms with van der Waals surface area (Å²) < 4.78 is 3.28. The van der Waals surface area contributed by atoms with Gasteiger partial charge in [0.2, 0.25) is 0 Å². The van der Waals surface area contributed by atoms with Crippen LogP contribution < -0.4 is 5.69 Å². The molecule has 4 rings (SSSR count). The molecule has 1 saturated carbocycles. The molecule has 138 valence electrons. The molecule has 2 aliphatic rings. The highest BCUT2D eigenvalue weighted by Gasteiger charge is 2.34. The van der Waals surface area contributed by atoms with E-state index in [0.29, 0.717) is 34.7 Å². The number of amides is 1. The second-order valence-electron chi connectivity index (χ2n) is 7.06. The number of hydrogen-bond donors (Lipinski definition) is 0. The molecule has 2 aromatic rings. The third-order valence-electron chi connectivity index (χ3n) is 5.20. The van der Waals surface area contributed by atoms with Crippen LogP contribution in [0.2, 0.25) is 10.0 Å². The first-order valence-electron chi connectivity index (χ1n) is 8.85. The molecule has 2 fully saturated rings. The molecule has 0 N–H and O–H groups in total. The molecular formula is C18H20Cl2N4O2. The molecule has 0 unspecified atom stereocenters. The summed E-state index contributed by atoms with van der Waals surface area (Å²) in [4.78, 5) is 26.9. The fraction of sp³-hybridized carbons (Fsp3) is 0.500. The minimum absolute atomic E-state index is 0.0354. The van der Waals surface area contributed by atoms with E-state index in [-0.39, 0.29) is 17.5 Å². The van der Waals surface area contributed by atoms with Gasteiger partial charge in [0.1, 0.15) is 5.82 Å². The largest absolute Gasteiger partial charge is 0.345 e. The minimum Gasteiger partial charge on any atom is -0.339 e. The molecule has 1 aliphatic heterocycles. The highest BCUT2D eigenvalue weighted by atomic mass is 35.5. The lowest BCUT2D eigenvalue weighted by Crippen LogP contribution is -2.38. The number of aromatic nitrogens is 3. The topological polar surface area (TPSA) is 60.1 Å². The van der Waals surface area contributed by atoms with E-state index in [1.165, 1.54) is 4.68 Å². The highest BCUT2D eigenvalue weighted by Crippen LogP contribution is 2.37. The van der Waals surface area contributed by atoms with Gasteiger partial charge in [-0.25, -0.2) is 9.48 Å². The molecule has 1 amide bonds. The zero-order chi connectivity index (χ0) is 18.4. The molecule has 6 nitrogen and oxygen atoms in total. The Labute approximate surface area is 161 Å². The molecule has 8 heteroatoms. The number of hydrogen-bond acceptors (Lipinski definition) is 3. The third kappa shape index (κ3) is 3.16. The molecule has 1 saturated heterocycles. The number of rotatable bonds is 3. The Bertz CT molecular complexity index is 908. The Morgan fingerprint density at radius 2 is 1.85 bits per heavy atom. The highest BCUT2D eigenvalue weighted by molar-refractivity contribution is 6.35. The Morgan fingerprint density at radius 1 is 1.15 bits per heavy atom. The summed E-state index contributed by atoms with van der Waals surface area (Å²) in [6, 6.07) is 5.23. The second-order valence-corrected chi connectivity index (χ2v) is 7.90. The van der Waals surface area contributed by atoms with Gasteiger partial charge >= 0.3 is 5.69 Å². The van der Waals surface area contributed by atoms with Crippen LogP contribution in [0, 0.1) is 0 Å². The lowest BCUT2D eigenvalue weighted by molar-refractivity contribution is 0.0710. The van der Waals surface area contributed by atoms with Crippen LogP contribution in [0.3, 0.4) is 0 Å². The fourth-order valence-electron chi connectivity index (χ4n) is 3.63. The Hall–Kier alpha value is -1.79. The summed E-state index contributed by atoms with van der Waals surface area (Å²) in [5, 5.41) is 5.38. The van der Waals surface area contributed by atoms with E-state index in [2.05, 4.69) is 5.10 Å². The molecule has 2 heterocycles. The Balaban J connectivity index is 1.50. The predicted molar refractivity (Wildman–Crippen MR) is 100 cm³/mol. The van der Waals surface area contributed by atoms with Crippen LogP contribution >= 0.6 is 23.2 Å². The van der Waals surface area contributed by atoms with E-state index in [0.717, 1.165) is 31.5 Å². The van der Waals surface area contributed by atoms with Crippen LogP contribution in [0.5, 0.6) is 0 Å². The van der Waals surface area contributed by atoms with Crippen molar-refractivity contribution < 1.29 is 4.79 Å². The van der Waals surface area contributed by atoms with Gasteiger partial charge in [-0.15, -0.1) is 0 Å². The lowest BCUT2D eigenvalue weighted by Gasteiger charge is -2.32. The molecule has 1 aromatic carbocycles. The second kappa shape index (κ2) is 6.74. The van der Waals surface area contributed by atoms with Crippen LogP contribution in [0.25, 0.3) is 0 Å². The van der Waals surface area contributed by atoms with Crippen LogP contribution in [-0.4, -0.2) is 38.2 Å². The van der Waals surface area contributed by atoms with E-state index in [1.54, 1.807) is 30.1 Å². The molecule has 0 spiro atoms. The number of carbonyl (C=O) groups excluding carboxylic acids is 1. The van der Waals surface area contributed by atoms with Gasteiger partial charge in [0, 0.05) is 37.1 Å². The number of likely N-dealkylation sites (tertiary alicyclic amines) is 1. The van der Waals surface area contributed by atoms with Crippen LogP contribution in [0.15, 0.2) is 23.0 Å². The maximum absolute atomic E-state index is 12.8. The molecule has 1 aromatic heterocycles. The molecule has 26 heavy (non-hydrogen) atoms. The van der Waals surface area contributed by atoms with Gasteiger partial charge in [-0.1, -0.05) is 23.2 Å². The molecule has 0 bridgehead atoms. The summed E-state index contributed by atoms with van der Waals surface area (Å²) in [6.07, 6.45) is 3.66. The van der Waals surface area contributed by atoms with Crippen LogP contribution in [0.1, 0.15) is 53.8 Å². The van der Waals surface area contributed by atoms with Crippen molar-refractivity contribution >= 4 is 29.1 Å². The Morgan fingerprint density at radius 3 is 2.50 bits per heavy atom. The number of benzene rings is 1. The summed E-state index contributed by atoms with van der Waals surface area (Å²) in [7, 11) is 1.70. The normalized spacial score (nSPS) is 18.3. The maximum atomic E-state index is 12.8. The first-order valence-corrected chi connectivity index (χ1v) is 9.61. The van der Waals surface area contributed by atoms with Crippen molar-refractivity contribution in [1.82, 2.24) is 19.2 Å². The van der Waals surface area contributed by atoms with Crippen molar-refractivity contribution in [1.29, 1.82) is 0 Å². The number of carbonyl (C=O) groups is 1. The molecule has 0 radical (unpaired) electrons. The van der Waals surface area contributed by atoms with Crippen molar-refractivity contribution in [2.75, 3.05) is 13.1 Å². The maximum Gasteiger partial charge on any atom is 0.345 e. The van der Waals surface area contributed by atoms with Gasteiger partial charge < -0.3 is 4.90 Å². The lowest BCUT2D eigenvalue weighted by atomic mass is 9.95. The SMILES string of the molecule is Cn1nc(C2CCN(C(=O)c3cc(Cl)ccc3Cl)CC2)n(C2CC2)c1=O. The van der Waals surface area contributed by atoms with Gasteiger partial charge in [0.25, 0.3) is 5.91 Å². The zero-order valence-corrected chi connectivity index (χ0v) is 16.0. The van der Waals surface area contributed by atoms with E-state index in [1.807, 2.05) is 4.57 Å². The van der Waals surface area contributed by atoms with Crippen molar-refractivity contribution in [3.8, 4) is 0 Å². The average molecular weight is 395 g/mol. The molecule has 1 aliphatic carbocycles. The van der Waals surface area contributed by atoms with Crippen LogP contribution in [-0.2, 0) is 7.05 Å². The van der Waals surface area contributed by atoms with Crippen molar-refractivity contribution in [2.24, 2.45) is 7.05 Å². The number of piperidine rings is 1. The first-order chi connectivity index (χ1) is 12.5.